The Morgan fingerprint density at radius 2 is 1.25 bits per heavy atom. The van der Waals surface area contributed by atoms with Crippen molar-refractivity contribution in [3.05, 3.63) is 0 Å². The molecule has 0 heterocycles. The Bertz CT molecular complexity index is 6.00. The molecular formula is CoI2O. The molecule has 0 aromatic heterocycles. The third-order valence-corrected chi connectivity index (χ3v) is 0. The van der Waals surface area contributed by atoms with E-state index in [1.807, 2.05) is 0 Å². The summed E-state index contributed by atoms with van der Waals surface area (Å²) in [5, 5.41) is 0. The van der Waals surface area contributed by atoms with Crippen molar-refractivity contribution in [3.8, 4) is 0 Å². The van der Waals surface area contributed by atoms with Crippen molar-refractivity contribution in [2.45, 2.75) is 0 Å². The maximum Gasteiger partial charge on any atom is 0.124 e. The molecule has 0 atom stereocenters. The molecule has 0 amide bonds. The second kappa shape index (κ2) is 8.87. The van der Waals surface area contributed by atoms with Gasteiger partial charge in [0.15, 0.2) is 0 Å². The summed E-state index contributed by atoms with van der Waals surface area (Å²) in [7, 11) is 0. The van der Waals surface area contributed by atoms with E-state index in [0.717, 1.165) is 0 Å². The standard InChI is InChI=1S/Co.I2O/c;1-3-2. The summed E-state index contributed by atoms with van der Waals surface area (Å²) in [6, 6.07) is 0. The van der Waals surface area contributed by atoms with Crippen molar-refractivity contribution in [1.29, 1.82) is 0 Å². The van der Waals surface area contributed by atoms with Crippen molar-refractivity contribution in [3.63, 3.8) is 0 Å². The van der Waals surface area contributed by atoms with Gasteiger partial charge in [0.05, 0.1) is 0 Å². The fraction of sp³-hybridized carbons (Fsp3) is 0. The monoisotopic (exact) mass is 329 g/mol. The van der Waals surface area contributed by atoms with Gasteiger partial charge in [-0.15, -0.1) is 0 Å². The summed E-state index contributed by atoms with van der Waals surface area (Å²) < 4.78 is 4.19. The molecule has 29 valence electrons. The maximum absolute atomic E-state index is 4.19. The number of hydrogen-bond acceptors (Lipinski definition) is 1. The molecule has 0 aliphatic rings. The van der Waals surface area contributed by atoms with Gasteiger partial charge >= 0.3 is 0 Å². The molecule has 0 aromatic rings. The van der Waals surface area contributed by atoms with E-state index in [-0.39, 0.29) is 16.8 Å². The minimum Gasteiger partial charge on any atom is -0.247 e. The molecule has 0 aliphatic carbocycles. The van der Waals surface area contributed by atoms with Gasteiger partial charge in [-0.05, 0) is 0 Å². The van der Waals surface area contributed by atoms with Gasteiger partial charge < -0.3 is 0 Å². The van der Waals surface area contributed by atoms with E-state index in [1.54, 1.807) is 46.0 Å². The molecule has 0 saturated carbocycles. The average Bonchev–Trinajstić information content (AvgIpc) is 0.918. The Labute approximate surface area is 63.4 Å². The van der Waals surface area contributed by atoms with Gasteiger partial charge in [-0.1, -0.05) is 0 Å². The summed E-state index contributed by atoms with van der Waals surface area (Å²) in [6.07, 6.45) is 0. The van der Waals surface area contributed by atoms with E-state index in [2.05, 4.69) is 1.40 Å². The van der Waals surface area contributed by atoms with E-state index in [1.165, 1.54) is 0 Å². The molecule has 4 heavy (non-hydrogen) atoms. The number of hydrogen-bond donors (Lipinski definition) is 0. The van der Waals surface area contributed by atoms with Crippen LogP contribution >= 0.6 is 46.0 Å². The van der Waals surface area contributed by atoms with Crippen LogP contribution in [0.25, 0.3) is 0 Å². The minimum absolute atomic E-state index is 0. The topological polar surface area (TPSA) is 9.23 Å². The fourth-order valence-electron chi connectivity index (χ4n) is 0. The quantitative estimate of drug-likeness (QED) is 0.615. The van der Waals surface area contributed by atoms with Crippen LogP contribution in [-0.2, 0) is 18.2 Å². The third-order valence-electron chi connectivity index (χ3n) is 0. The zero-order valence-corrected chi connectivity index (χ0v) is 6.85. The molecule has 1 radical (unpaired) electrons. The van der Waals surface area contributed by atoms with Gasteiger partial charge in [-0.25, -0.2) is 1.40 Å². The Kier molecular flexibility index (Phi) is 20.7. The number of halogens is 2. The molecule has 0 aromatic carbocycles. The summed E-state index contributed by atoms with van der Waals surface area (Å²) in [4.78, 5) is 0. The molecule has 0 aliphatic heterocycles. The molecular weight excluding hydrogens is 329 g/mol. The van der Waals surface area contributed by atoms with Crippen LogP contribution in [0.15, 0.2) is 0 Å². The molecule has 0 N–H and O–H groups in total. The second-order valence-corrected chi connectivity index (χ2v) is 2.62. The summed E-state index contributed by atoms with van der Waals surface area (Å²) in [5.41, 5.74) is 0. The van der Waals surface area contributed by atoms with E-state index in [4.69, 9.17) is 0 Å². The zero-order chi connectivity index (χ0) is 2.71. The molecule has 0 fully saturated rings. The molecule has 0 spiro atoms. The van der Waals surface area contributed by atoms with Crippen LogP contribution in [0.2, 0.25) is 0 Å². The molecule has 4 heteroatoms. The molecule has 1 nitrogen and oxygen atoms in total. The minimum atomic E-state index is 0. The van der Waals surface area contributed by atoms with Crippen molar-refractivity contribution in [1.82, 2.24) is 0 Å². The fourth-order valence-corrected chi connectivity index (χ4v) is 0. The summed E-state index contributed by atoms with van der Waals surface area (Å²) >= 11 is 3.55. The van der Waals surface area contributed by atoms with Gasteiger partial charge in [-0.3, -0.25) is 0 Å². The van der Waals surface area contributed by atoms with Crippen LogP contribution in [0.5, 0.6) is 0 Å². The SMILES string of the molecule is IOI.[Co]. The second-order valence-electron chi connectivity index (χ2n) is 0.0583. The Hall–Kier alpha value is 1.93. The predicted molar refractivity (Wildman–Crippen MR) is 29.1 cm³/mol. The van der Waals surface area contributed by atoms with Gasteiger partial charge in [0, 0.05) is 16.8 Å². The number of rotatable bonds is 0. The van der Waals surface area contributed by atoms with Gasteiger partial charge in [0.1, 0.15) is 46.0 Å². The molecule has 0 bridgehead atoms. The van der Waals surface area contributed by atoms with E-state index < -0.39 is 0 Å². The van der Waals surface area contributed by atoms with Gasteiger partial charge in [0.25, 0.3) is 0 Å². The van der Waals surface area contributed by atoms with Gasteiger partial charge in [0.2, 0.25) is 0 Å². The van der Waals surface area contributed by atoms with E-state index in [9.17, 15) is 0 Å². The normalized spacial score (nSPS) is 4.50. The van der Waals surface area contributed by atoms with Crippen molar-refractivity contribution in [2.24, 2.45) is 0 Å². The van der Waals surface area contributed by atoms with Crippen LogP contribution in [0, 0.1) is 0 Å². The average molecular weight is 329 g/mol. The first-order valence-corrected chi connectivity index (χ1v) is 2.07. The van der Waals surface area contributed by atoms with Crippen LogP contribution in [-0.4, -0.2) is 0 Å². The smallest absolute Gasteiger partial charge is 0.124 e. The molecule has 0 unspecified atom stereocenters. The Balaban J connectivity index is 0. The van der Waals surface area contributed by atoms with Crippen LogP contribution in [0.1, 0.15) is 0 Å². The van der Waals surface area contributed by atoms with Crippen molar-refractivity contribution >= 4 is 46.0 Å². The Morgan fingerprint density at radius 3 is 1.25 bits per heavy atom. The zero-order valence-electron chi connectivity index (χ0n) is 1.50. The maximum atomic E-state index is 4.19. The van der Waals surface area contributed by atoms with Gasteiger partial charge in [-0.2, -0.15) is 0 Å². The predicted octanol–water partition coefficient (Wildman–Crippen LogP) is 1.70. The van der Waals surface area contributed by atoms with E-state index in [0.29, 0.717) is 0 Å². The third kappa shape index (κ3) is 9.06. The van der Waals surface area contributed by atoms with Crippen molar-refractivity contribution in [2.75, 3.05) is 0 Å². The van der Waals surface area contributed by atoms with Crippen LogP contribution in [0.4, 0.5) is 0 Å². The first-order valence-electron chi connectivity index (χ1n) is 0.309. The largest absolute Gasteiger partial charge is 0.247 e. The van der Waals surface area contributed by atoms with Crippen LogP contribution < -0.4 is 0 Å². The summed E-state index contributed by atoms with van der Waals surface area (Å²) in [5.74, 6) is 0. The first-order chi connectivity index (χ1) is 1.41. The Morgan fingerprint density at radius 1 is 1.25 bits per heavy atom. The van der Waals surface area contributed by atoms with E-state index >= 15 is 0 Å². The van der Waals surface area contributed by atoms with Crippen LogP contribution in [0.3, 0.4) is 0 Å². The summed E-state index contributed by atoms with van der Waals surface area (Å²) in [6.45, 7) is 0. The molecule has 0 rings (SSSR count). The first kappa shape index (κ1) is 9.33. The van der Waals surface area contributed by atoms with Crippen molar-refractivity contribution < 1.29 is 18.2 Å². The molecule has 0 saturated heterocycles.